The van der Waals surface area contributed by atoms with E-state index < -0.39 is 33.8 Å². The van der Waals surface area contributed by atoms with Crippen LogP contribution in [0.2, 0.25) is 0 Å². The fraction of sp³-hybridized carbons (Fsp3) is 0.911. The molecule has 55 heavy (non-hydrogen) atoms. The molecule has 7 rings (SSSR count). The first-order valence-corrected chi connectivity index (χ1v) is 23.7. The average Bonchev–Trinajstić information content (AvgIpc) is 3.48. The number of aliphatic carboxylic acids is 1. The normalized spacial score (nSPS) is 46.1. The molecule has 6 saturated carbocycles. The number of nitrogens with zero attached hydrogens (tertiary/aromatic N) is 1. The molecular weight excluding hydrogens is 716 g/mol. The van der Waals surface area contributed by atoms with Crippen LogP contribution in [0.1, 0.15) is 132 Å². The van der Waals surface area contributed by atoms with Gasteiger partial charge in [0.15, 0.2) is 9.84 Å². The first-order chi connectivity index (χ1) is 25.6. The van der Waals surface area contributed by atoms with Crippen molar-refractivity contribution in [2.75, 3.05) is 37.8 Å². The quantitative estimate of drug-likeness (QED) is 0.169. The highest BCUT2D eigenvalue weighted by molar-refractivity contribution is 7.91. The Morgan fingerprint density at radius 3 is 2.18 bits per heavy atom. The van der Waals surface area contributed by atoms with Gasteiger partial charge in [0, 0.05) is 30.1 Å². The number of carbonyl (C=O) groups excluding carboxylic acids is 1. The van der Waals surface area contributed by atoms with Crippen molar-refractivity contribution < 1.29 is 32.2 Å². The fourth-order valence-corrected chi connectivity index (χ4v) is 16.8. The van der Waals surface area contributed by atoms with Crippen LogP contribution in [-0.4, -0.2) is 85.9 Å². The lowest BCUT2D eigenvalue weighted by Crippen LogP contribution is -2.69. The van der Waals surface area contributed by atoms with Crippen LogP contribution in [0.4, 0.5) is 4.39 Å². The van der Waals surface area contributed by atoms with Crippen molar-refractivity contribution in [2.24, 2.45) is 68.5 Å². The van der Waals surface area contributed by atoms with E-state index in [-0.39, 0.29) is 62.7 Å². The van der Waals surface area contributed by atoms with Gasteiger partial charge in [0.1, 0.15) is 12.8 Å². The summed E-state index contributed by atoms with van der Waals surface area (Å²) >= 11 is 0. The van der Waals surface area contributed by atoms with E-state index in [1.807, 2.05) is 13.8 Å². The molecule has 0 aromatic carbocycles. The Hall–Kier alpha value is -1.52. The Labute approximate surface area is 331 Å². The second-order valence-corrected chi connectivity index (χ2v) is 24.1. The third kappa shape index (κ3) is 6.41. The molecule has 10 heteroatoms. The Kier molecular flexibility index (Phi) is 10.6. The summed E-state index contributed by atoms with van der Waals surface area (Å²) in [5.41, 5.74) is 1.06. The number of allylic oxidation sites excluding steroid dienone is 1. The molecule has 8 nitrogen and oxygen atoms in total. The van der Waals surface area contributed by atoms with E-state index in [1.165, 1.54) is 31.3 Å². The summed E-state index contributed by atoms with van der Waals surface area (Å²) in [5.74, 6) is 0.940. The maximum atomic E-state index is 14.4. The second kappa shape index (κ2) is 14.1. The third-order valence-electron chi connectivity index (χ3n) is 19.1. The summed E-state index contributed by atoms with van der Waals surface area (Å²) in [5, 5.41) is 13.8. The molecule has 13 atom stereocenters. The smallest absolute Gasteiger partial charge is 0.309 e. The number of sulfone groups is 1. The second-order valence-electron chi connectivity index (χ2n) is 21.8. The number of carbonyl (C=O) groups is 2. The number of ether oxygens (including phenoxy) is 1. The molecule has 1 unspecified atom stereocenters. The minimum Gasteiger partial charge on any atom is -0.481 e. The van der Waals surface area contributed by atoms with Crippen molar-refractivity contribution in [2.45, 2.75) is 150 Å². The molecule has 7 fully saturated rings. The van der Waals surface area contributed by atoms with Crippen LogP contribution in [-0.2, 0) is 24.2 Å². The van der Waals surface area contributed by atoms with Crippen LogP contribution >= 0.6 is 0 Å². The Balaban J connectivity index is 1.07. The molecule has 0 aromatic rings. The van der Waals surface area contributed by atoms with Gasteiger partial charge in [-0.2, -0.15) is 0 Å². The average molecular weight is 789 g/mol. The van der Waals surface area contributed by atoms with E-state index >= 15 is 0 Å². The number of esters is 1. The van der Waals surface area contributed by atoms with Crippen molar-refractivity contribution in [1.82, 2.24) is 10.2 Å². The lowest BCUT2D eigenvalue weighted by atomic mass is 9.32. The molecule has 0 amide bonds. The molecule has 0 aromatic heterocycles. The van der Waals surface area contributed by atoms with Gasteiger partial charge in [-0.15, -0.1) is 0 Å². The van der Waals surface area contributed by atoms with Crippen LogP contribution in [0.5, 0.6) is 0 Å². The molecule has 312 valence electrons. The summed E-state index contributed by atoms with van der Waals surface area (Å²) in [4.78, 5) is 27.5. The molecule has 2 N–H and O–H groups in total. The molecule has 0 spiro atoms. The minimum absolute atomic E-state index is 0.0214. The largest absolute Gasteiger partial charge is 0.481 e. The third-order valence-corrected chi connectivity index (χ3v) is 20.8. The minimum atomic E-state index is -3.01. The molecule has 0 bridgehead atoms. The molecule has 0 radical (unpaired) electrons. The molecule has 7 aliphatic rings. The predicted octanol–water partition coefficient (Wildman–Crippen LogP) is 8.10. The van der Waals surface area contributed by atoms with E-state index in [0.29, 0.717) is 55.5 Å². The Morgan fingerprint density at radius 1 is 0.873 bits per heavy atom. The summed E-state index contributed by atoms with van der Waals surface area (Å²) in [6, 6.07) is -0.243. The number of alkyl halides is 1. The molecule has 1 aliphatic heterocycles. The van der Waals surface area contributed by atoms with Crippen LogP contribution in [0, 0.1) is 68.5 Å². The number of carboxylic acids is 1. The molecule has 6 aliphatic carbocycles. The Bertz CT molecular complexity index is 1630. The number of carboxylic acid groups (broad SMARTS) is 1. The van der Waals surface area contributed by atoms with E-state index in [1.54, 1.807) is 0 Å². The van der Waals surface area contributed by atoms with Gasteiger partial charge in [0.05, 0.1) is 23.3 Å². The zero-order valence-corrected chi connectivity index (χ0v) is 36.2. The maximum absolute atomic E-state index is 14.4. The highest BCUT2D eigenvalue weighted by Gasteiger charge is 2.71. The van der Waals surface area contributed by atoms with Gasteiger partial charge >= 0.3 is 11.9 Å². The highest BCUT2D eigenvalue weighted by Crippen LogP contribution is 2.76. The number of fused-ring (bicyclic) bond motifs is 7. The van der Waals surface area contributed by atoms with E-state index in [2.05, 4.69) is 58.3 Å². The van der Waals surface area contributed by atoms with Gasteiger partial charge in [0.25, 0.3) is 0 Å². The fourth-order valence-electron chi connectivity index (χ4n) is 15.5. The van der Waals surface area contributed by atoms with Crippen molar-refractivity contribution in [3.63, 3.8) is 0 Å². The first-order valence-electron chi connectivity index (χ1n) is 21.9. The number of nitrogens with one attached hydrogen (secondary N) is 1. The van der Waals surface area contributed by atoms with Crippen LogP contribution < -0.4 is 5.32 Å². The van der Waals surface area contributed by atoms with Gasteiger partial charge in [-0.1, -0.05) is 60.6 Å². The molecule has 1 heterocycles. The van der Waals surface area contributed by atoms with Gasteiger partial charge < -0.3 is 15.2 Å². The molecule has 1 saturated heterocycles. The van der Waals surface area contributed by atoms with Crippen LogP contribution in [0.25, 0.3) is 0 Å². The van der Waals surface area contributed by atoms with E-state index in [0.717, 1.165) is 45.1 Å². The summed E-state index contributed by atoms with van der Waals surface area (Å²) in [6.45, 7) is 24.3. The topological polar surface area (TPSA) is 113 Å². The SMILES string of the molecule is C=C(C)[C@@H]1CC[C@]2(NCCC(CF)N3CCS(=O)(=O)CC3)CC[C@]3(C)[C@H](CC[C@@H]4[C@@]5(C)CC[C@H](OC(=O)[C@H]6C[C@@H](C(=O)O)C6(C)C)C(C)(C)[C@@H]5CC[C@]43C)[C@@H]12. The zero-order chi connectivity index (χ0) is 40.1. The lowest BCUT2D eigenvalue weighted by molar-refractivity contribution is -0.248. The maximum Gasteiger partial charge on any atom is 0.309 e. The van der Waals surface area contributed by atoms with Gasteiger partial charge in [-0.05, 0) is 142 Å². The van der Waals surface area contributed by atoms with Gasteiger partial charge in [-0.25, -0.2) is 12.8 Å². The monoisotopic (exact) mass is 789 g/mol. The zero-order valence-electron chi connectivity index (χ0n) is 35.4. The van der Waals surface area contributed by atoms with E-state index in [4.69, 9.17) is 4.74 Å². The van der Waals surface area contributed by atoms with Crippen molar-refractivity contribution in [1.29, 1.82) is 0 Å². The van der Waals surface area contributed by atoms with Crippen molar-refractivity contribution in [3.8, 4) is 0 Å². The first kappa shape index (κ1) is 41.6. The van der Waals surface area contributed by atoms with Gasteiger partial charge in [-0.3, -0.25) is 14.5 Å². The summed E-state index contributed by atoms with van der Waals surface area (Å²) < 4.78 is 45.0. The number of halogens is 1. The lowest BCUT2D eigenvalue weighted by Gasteiger charge is -2.73. The van der Waals surface area contributed by atoms with Crippen molar-refractivity contribution >= 4 is 21.8 Å². The highest BCUT2D eigenvalue weighted by atomic mass is 32.2. The van der Waals surface area contributed by atoms with Crippen LogP contribution in [0.3, 0.4) is 0 Å². The van der Waals surface area contributed by atoms with Crippen molar-refractivity contribution in [3.05, 3.63) is 12.2 Å². The number of hydrogen-bond donors (Lipinski definition) is 2. The summed E-state index contributed by atoms with van der Waals surface area (Å²) in [6.07, 6.45) is 12.1. The number of rotatable bonds is 10. The summed E-state index contributed by atoms with van der Waals surface area (Å²) in [7, 11) is -3.01. The standard InChI is InChI=1S/C45H73FN2O6S/c1-28(2)30-12-18-45(47-21-15-29(27-46)48-22-24-55(52,53)25-23-48)20-19-43(8)31(37(30)45)10-11-35-42(7)16-14-36(41(5,6)34(42)13-17-44(35,43)9)54-39(51)33-26-32(38(49)50)40(33,3)4/h29-37,47H,1,10-27H2,2-9H3,(H,49,50)/t29?,30-,31+,32-,33+,34-,35+,36-,37+,42-,43+,44+,45-/m0/s1. The molecular formula is C45H73FN2O6S. The van der Waals surface area contributed by atoms with E-state index in [9.17, 15) is 27.5 Å². The van der Waals surface area contributed by atoms with Gasteiger partial charge in [0.2, 0.25) is 0 Å². The Morgan fingerprint density at radius 2 is 1.56 bits per heavy atom. The predicted molar refractivity (Wildman–Crippen MR) is 215 cm³/mol. The number of hydrogen-bond acceptors (Lipinski definition) is 7. The van der Waals surface area contributed by atoms with Crippen LogP contribution in [0.15, 0.2) is 12.2 Å².